The first kappa shape index (κ1) is 22.7. The second-order valence-electron chi connectivity index (χ2n) is 7.25. The number of hydrogen-bond acceptors (Lipinski definition) is 4. The van der Waals surface area contributed by atoms with Gasteiger partial charge < -0.3 is 15.1 Å². The summed E-state index contributed by atoms with van der Waals surface area (Å²) in [7, 11) is 0. The summed E-state index contributed by atoms with van der Waals surface area (Å²) in [5, 5.41) is 8.49. The van der Waals surface area contributed by atoms with Crippen LogP contribution in [0.1, 0.15) is 16.1 Å². The fourth-order valence-electron chi connectivity index (χ4n) is 3.14. The van der Waals surface area contributed by atoms with Gasteiger partial charge in [0, 0.05) is 28.6 Å². The number of rotatable bonds is 6. The fraction of sp³-hybridized carbons (Fsp3) is 0. The summed E-state index contributed by atoms with van der Waals surface area (Å²) < 4.78 is 5.75. The maximum atomic E-state index is 12.3. The van der Waals surface area contributed by atoms with Gasteiger partial charge in [-0.3, -0.25) is 14.9 Å². The van der Waals surface area contributed by atoms with E-state index in [2.05, 4.69) is 16.0 Å². The van der Waals surface area contributed by atoms with Crippen LogP contribution in [-0.4, -0.2) is 16.9 Å². The van der Waals surface area contributed by atoms with Crippen LogP contribution in [0.4, 0.5) is 11.4 Å². The molecule has 0 aliphatic heterocycles. The summed E-state index contributed by atoms with van der Waals surface area (Å²) >= 11 is 5.23. The van der Waals surface area contributed by atoms with Crippen LogP contribution in [-0.2, 0) is 4.79 Å². The highest BCUT2D eigenvalue weighted by molar-refractivity contribution is 7.80. The highest BCUT2D eigenvalue weighted by Crippen LogP contribution is 2.22. The fourth-order valence-corrected chi connectivity index (χ4v) is 3.36. The van der Waals surface area contributed by atoms with E-state index in [9.17, 15) is 9.59 Å². The van der Waals surface area contributed by atoms with Crippen LogP contribution in [0.25, 0.3) is 17.4 Å². The highest BCUT2D eigenvalue weighted by atomic mass is 32.1. The van der Waals surface area contributed by atoms with Crippen molar-refractivity contribution in [3.05, 3.63) is 114 Å². The van der Waals surface area contributed by atoms with Crippen molar-refractivity contribution in [2.45, 2.75) is 0 Å². The Bertz CT molecular complexity index is 1330. The van der Waals surface area contributed by atoms with E-state index in [0.717, 1.165) is 11.3 Å². The molecule has 3 N–H and O–H groups in total. The van der Waals surface area contributed by atoms with Gasteiger partial charge in [0.2, 0.25) is 5.91 Å². The third-order valence-corrected chi connectivity index (χ3v) is 4.94. The van der Waals surface area contributed by atoms with Gasteiger partial charge in [-0.25, -0.2) is 0 Å². The minimum Gasteiger partial charge on any atom is -0.457 e. The van der Waals surface area contributed by atoms with E-state index in [-0.39, 0.29) is 11.0 Å². The molecular weight excluding hydrogens is 446 g/mol. The molecule has 34 heavy (non-hydrogen) atoms. The topological polar surface area (TPSA) is 83.4 Å². The van der Waals surface area contributed by atoms with Crippen LogP contribution in [0, 0.1) is 0 Å². The van der Waals surface area contributed by atoms with E-state index in [1.807, 2.05) is 42.5 Å². The number of carbonyl (C=O) groups excluding carboxylic acids is 2. The average molecular weight is 468 g/mol. The molecule has 0 saturated heterocycles. The van der Waals surface area contributed by atoms with Gasteiger partial charge in [-0.1, -0.05) is 54.6 Å². The van der Waals surface area contributed by atoms with Gasteiger partial charge >= 0.3 is 0 Å². The average Bonchev–Trinajstić information content (AvgIpc) is 3.33. The van der Waals surface area contributed by atoms with Gasteiger partial charge in [-0.05, 0) is 60.8 Å². The summed E-state index contributed by atoms with van der Waals surface area (Å²) in [6, 6.07) is 29.3. The molecule has 3 aromatic carbocycles. The number of nitrogens with one attached hydrogen (secondary N) is 3. The smallest absolute Gasteiger partial charge is 0.255 e. The van der Waals surface area contributed by atoms with E-state index in [1.165, 1.54) is 6.08 Å². The molecule has 0 fully saturated rings. The minimum absolute atomic E-state index is 0.130. The Balaban J connectivity index is 1.30. The van der Waals surface area contributed by atoms with Crippen molar-refractivity contribution in [1.82, 2.24) is 5.32 Å². The van der Waals surface area contributed by atoms with Crippen molar-refractivity contribution in [2.75, 3.05) is 10.6 Å². The Morgan fingerprint density at radius 3 is 2.18 bits per heavy atom. The van der Waals surface area contributed by atoms with Crippen molar-refractivity contribution in [1.29, 1.82) is 0 Å². The molecule has 0 atom stereocenters. The molecule has 0 aliphatic rings. The van der Waals surface area contributed by atoms with Crippen LogP contribution in [0.5, 0.6) is 0 Å². The molecule has 2 amide bonds. The van der Waals surface area contributed by atoms with Crippen molar-refractivity contribution in [3.63, 3.8) is 0 Å². The Labute approximate surface area is 202 Å². The first-order valence-electron chi connectivity index (χ1n) is 10.5. The van der Waals surface area contributed by atoms with Crippen LogP contribution in [0.2, 0.25) is 0 Å². The van der Waals surface area contributed by atoms with Crippen LogP contribution >= 0.6 is 12.2 Å². The predicted molar refractivity (Wildman–Crippen MR) is 138 cm³/mol. The molecule has 168 valence electrons. The monoisotopic (exact) mass is 467 g/mol. The molecule has 6 nitrogen and oxygen atoms in total. The number of hydrogen-bond donors (Lipinski definition) is 3. The summed E-state index contributed by atoms with van der Waals surface area (Å²) in [6.07, 6.45) is 2.92. The predicted octanol–water partition coefficient (Wildman–Crippen LogP) is 5.73. The van der Waals surface area contributed by atoms with E-state index in [4.69, 9.17) is 16.6 Å². The summed E-state index contributed by atoms with van der Waals surface area (Å²) in [5.41, 5.74) is 2.74. The lowest BCUT2D eigenvalue weighted by Crippen LogP contribution is -2.32. The van der Waals surface area contributed by atoms with Gasteiger partial charge in [0.05, 0.1) is 0 Å². The molecule has 4 rings (SSSR count). The highest BCUT2D eigenvalue weighted by Gasteiger charge is 2.07. The number of anilines is 2. The molecular formula is C27H21N3O3S. The molecule has 1 aromatic heterocycles. The van der Waals surface area contributed by atoms with Crippen LogP contribution < -0.4 is 16.0 Å². The maximum absolute atomic E-state index is 12.3. The summed E-state index contributed by atoms with van der Waals surface area (Å²) in [6.45, 7) is 0. The van der Waals surface area contributed by atoms with Gasteiger partial charge in [-0.15, -0.1) is 0 Å². The van der Waals surface area contributed by atoms with Crippen molar-refractivity contribution in [2.24, 2.45) is 0 Å². The molecule has 4 aromatic rings. The first-order valence-corrected chi connectivity index (χ1v) is 10.9. The number of amides is 2. The molecule has 0 aliphatic carbocycles. The molecule has 0 spiro atoms. The van der Waals surface area contributed by atoms with Crippen molar-refractivity contribution < 1.29 is 14.0 Å². The van der Waals surface area contributed by atoms with Gasteiger partial charge in [0.25, 0.3) is 5.91 Å². The Kier molecular flexibility index (Phi) is 7.27. The zero-order chi connectivity index (χ0) is 23.8. The first-order chi connectivity index (χ1) is 16.6. The van der Waals surface area contributed by atoms with Crippen LogP contribution in [0.3, 0.4) is 0 Å². The van der Waals surface area contributed by atoms with Gasteiger partial charge in [0.15, 0.2) is 5.11 Å². The largest absolute Gasteiger partial charge is 0.457 e. The SMILES string of the molecule is O=C(/C=C/c1ccc(-c2ccccc2)o1)NC(=S)Nc1cccc(NC(=O)c2ccccc2)c1. The zero-order valence-electron chi connectivity index (χ0n) is 18.0. The Hall–Kier alpha value is -4.49. The number of carbonyl (C=O) groups is 2. The van der Waals surface area contributed by atoms with Gasteiger partial charge in [0.1, 0.15) is 11.5 Å². The molecule has 0 saturated carbocycles. The van der Waals surface area contributed by atoms with Gasteiger partial charge in [-0.2, -0.15) is 0 Å². The molecule has 1 heterocycles. The third kappa shape index (κ3) is 6.27. The third-order valence-electron chi connectivity index (χ3n) is 4.74. The Morgan fingerprint density at radius 2 is 1.44 bits per heavy atom. The van der Waals surface area contributed by atoms with E-state index >= 15 is 0 Å². The lowest BCUT2D eigenvalue weighted by molar-refractivity contribution is -0.115. The lowest BCUT2D eigenvalue weighted by Gasteiger charge is -2.10. The number of benzene rings is 3. The van der Waals surface area contributed by atoms with E-state index in [0.29, 0.717) is 22.7 Å². The molecule has 0 radical (unpaired) electrons. The second-order valence-corrected chi connectivity index (χ2v) is 7.65. The number of thiocarbonyl (C=S) groups is 1. The standard InChI is InChI=1S/C27H21N3O3S/c31-25(17-15-23-14-16-24(33-23)19-8-3-1-4-9-19)30-27(34)29-22-13-7-12-21(18-22)28-26(32)20-10-5-2-6-11-20/h1-18H,(H,28,32)(H2,29,30,31,34)/b17-15+. The maximum Gasteiger partial charge on any atom is 0.255 e. The normalized spacial score (nSPS) is 10.6. The minimum atomic E-state index is -0.399. The number of furan rings is 1. The summed E-state index contributed by atoms with van der Waals surface area (Å²) in [4.78, 5) is 24.6. The zero-order valence-corrected chi connectivity index (χ0v) is 18.8. The lowest BCUT2D eigenvalue weighted by atomic mass is 10.2. The molecule has 0 bridgehead atoms. The van der Waals surface area contributed by atoms with E-state index in [1.54, 1.807) is 60.7 Å². The Morgan fingerprint density at radius 1 is 0.765 bits per heavy atom. The molecule has 7 heteroatoms. The molecule has 0 unspecified atom stereocenters. The second kappa shape index (κ2) is 10.9. The van der Waals surface area contributed by atoms with Crippen molar-refractivity contribution >= 4 is 46.6 Å². The van der Waals surface area contributed by atoms with Crippen molar-refractivity contribution in [3.8, 4) is 11.3 Å². The summed E-state index contributed by atoms with van der Waals surface area (Å²) in [5.74, 6) is 0.655. The van der Waals surface area contributed by atoms with Crippen LogP contribution in [0.15, 0.2) is 108 Å². The quantitative estimate of drug-likeness (QED) is 0.249. The van der Waals surface area contributed by atoms with E-state index < -0.39 is 5.91 Å².